The maximum absolute atomic E-state index is 13.7. The number of rotatable bonds is 6. The van der Waals surface area contributed by atoms with Crippen LogP contribution in [-0.4, -0.2) is 38.8 Å². The summed E-state index contributed by atoms with van der Waals surface area (Å²) in [5.74, 6) is -0.645. The molecule has 4 aromatic rings. The number of hydrogen-bond acceptors (Lipinski definition) is 7. The second-order valence-electron chi connectivity index (χ2n) is 8.19. The quantitative estimate of drug-likeness (QED) is 0.353. The van der Waals surface area contributed by atoms with Gasteiger partial charge >= 0.3 is 0 Å². The second-order valence-corrected chi connectivity index (χ2v) is 9.97. The van der Waals surface area contributed by atoms with Crippen molar-refractivity contribution < 1.29 is 13.2 Å². The average Bonchev–Trinajstić information content (AvgIpc) is 3.37. The van der Waals surface area contributed by atoms with E-state index in [1.54, 1.807) is 69.0 Å². The van der Waals surface area contributed by atoms with Gasteiger partial charge in [0.2, 0.25) is 0 Å². The van der Waals surface area contributed by atoms with Crippen molar-refractivity contribution in [3.05, 3.63) is 71.8 Å². The molecule has 11 heteroatoms. The summed E-state index contributed by atoms with van der Waals surface area (Å²) in [6.45, 7) is 5.00. The van der Waals surface area contributed by atoms with Gasteiger partial charge in [-0.15, -0.1) is 0 Å². The zero-order chi connectivity index (χ0) is 25.5. The minimum absolute atomic E-state index is 0.118. The Morgan fingerprint density at radius 1 is 1.14 bits per heavy atom. The van der Waals surface area contributed by atoms with Crippen LogP contribution in [0.2, 0.25) is 0 Å². The van der Waals surface area contributed by atoms with Crippen LogP contribution in [0.3, 0.4) is 0 Å². The lowest BCUT2D eigenvalue weighted by molar-refractivity contribution is -0.110. The maximum Gasteiger partial charge on any atom is 0.273 e. The van der Waals surface area contributed by atoms with Crippen LogP contribution in [0.4, 0.5) is 5.69 Å². The van der Waals surface area contributed by atoms with Crippen LogP contribution in [0, 0.1) is 12.3 Å². The number of benzene rings is 1. The Bertz CT molecular complexity index is 1610. The molecule has 0 aliphatic carbocycles. The predicted molar refractivity (Wildman–Crippen MR) is 135 cm³/mol. The highest BCUT2D eigenvalue weighted by Gasteiger charge is 2.26. The van der Waals surface area contributed by atoms with E-state index in [1.165, 1.54) is 22.3 Å². The lowest BCUT2D eigenvalue weighted by Gasteiger charge is -2.11. The molecule has 3 heterocycles. The molecular weight excluding hydrogens is 466 g/mol. The number of aryl methyl sites for hydroxylation is 2. The van der Waals surface area contributed by atoms with Gasteiger partial charge in [-0.05, 0) is 50.6 Å². The number of aromatic nitrogens is 4. The molecule has 1 amide bonds. The van der Waals surface area contributed by atoms with Crippen molar-refractivity contribution >= 4 is 38.4 Å². The number of allylic oxidation sites excluding steroid dienone is 1. The Hall–Kier alpha value is -4.25. The molecule has 180 valence electrons. The highest BCUT2D eigenvalue weighted by atomic mass is 32.2. The van der Waals surface area contributed by atoms with Crippen LogP contribution in [0.5, 0.6) is 0 Å². The van der Waals surface area contributed by atoms with Gasteiger partial charge in [0.25, 0.3) is 15.9 Å². The summed E-state index contributed by atoms with van der Waals surface area (Å²) in [5, 5.41) is 15.5. The Morgan fingerprint density at radius 2 is 1.83 bits per heavy atom. The molecule has 4 N–H and O–H groups in total. The fourth-order valence-electron chi connectivity index (χ4n) is 3.68. The van der Waals surface area contributed by atoms with E-state index in [2.05, 4.69) is 15.4 Å². The van der Waals surface area contributed by atoms with E-state index in [0.29, 0.717) is 39.3 Å². The van der Waals surface area contributed by atoms with E-state index in [0.717, 1.165) is 0 Å². The molecule has 35 heavy (non-hydrogen) atoms. The summed E-state index contributed by atoms with van der Waals surface area (Å²) in [6.07, 6.45) is 3.10. The number of carbonyl (C=O) groups excluding carboxylic acids is 1. The van der Waals surface area contributed by atoms with Crippen LogP contribution < -0.4 is 11.1 Å². The molecule has 0 spiro atoms. The standard InChI is InChI=1S/C24H25N7O3S/c1-14(15(2)25)22(26)24(32)28-18-10-17-11-21(20-13-30(4)29-16(20)3)31(23(17)27-12-18)35(33,34)19-8-6-5-7-9-19/h5-13,26H,25H2,1-4H3,(H,28,32)/b15-14-,26-22?. The summed E-state index contributed by atoms with van der Waals surface area (Å²) >= 11 is 0. The fraction of sp³-hybridized carbons (Fsp3) is 0.167. The van der Waals surface area contributed by atoms with E-state index in [1.807, 2.05) is 0 Å². The number of amides is 1. The molecule has 0 atom stereocenters. The van der Waals surface area contributed by atoms with Gasteiger partial charge in [0.1, 0.15) is 5.71 Å². The molecule has 0 saturated carbocycles. The van der Waals surface area contributed by atoms with Gasteiger partial charge in [-0.2, -0.15) is 5.10 Å². The number of carbonyl (C=O) groups is 1. The summed E-state index contributed by atoms with van der Waals surface area (Å²) in [5.41, 5.74) is 8.39. The minimum Gasteiger partial charge on any atom is -0.402 e. The number of nitrogens with two attached hydrogens (primary N) is 1. The minimum atomic E-state index is -4.00. The van der Waals surface area contributed by atoms with Crippen LogP contribution >= 0.6 is 0 Å². The highest BCUT2D eigenvalue weighted by molar-refractivity contribution is 7.90. The van der Waals surface area contributed by atoms with Gasteiger partial charge in [-0.3, -0.25) is 14.9 Å². The lowest BCUT2D eigenvalue weighted by Crippen LogP contribution is -2.24. The number of fused-ring (bicyclic) bond motifs is 1. The molecule has 0 unspecified atom stereocenters. The largest absolute Gasteiger partial charge is 0.402 e. The van der Waals surface area contributed by atoms with Crippen molar-refractivity contribution in [3.8, 4) is 11.3 Å². The Labute approximate surface area is 202 Å². The molecule has 3 aromatic heterocycles. The van der Waals surface area contributed by atoms with Crippen LogP contribution in [0.1, 0.15) is 19.5 Å². The summed E-state index contributed by atoms with van der Waals surface area (Å²) in [6, 6.07) is 11.4. The molecule has 0 aliphatic heterocycles. The predicted octanol–water partition coefficient (Wildman–Crippen LogP) is 3.19. The van der Waals surface area contributed by atoms with Gasteiger partial charge in [0.05, 0.1) is 28.2 Å². The third kappa shape index (κ3) is 4.33. The van der Waals surface area contributed by atoms with Crippen molar-refractivity contribution in [2.24, 2.45) is 12.8 Å². The molecule has 0 bridgehead atoms. The Morgan fingerprint density at radius 3 is 2.43 bits per heavy atom. The number of nitrogens with one attached hydrogen (secondary N) is 2. The number of anilines is 1. The van der Waals surface area contributed by atoms with Crippen LogP contribution in [0.15, 0.2) is 71.0 Å². The summed E-state index contributed by atoms with van der Waals surface area (Å²) < 4.78 is 30.2. The smallest absolute Gasteiger partial charge is 0.273 e. The third-order valence-corrected chi connectivity index (χ3v) is 7.34. The SMILES string of the molecule is C/C(N)=C(\C)C(=N)C(=O)Nc1cnc2c(c1)cc(-c1cn(C)nc1C)n2S(=O)(=O)c1ccccc1. The zero-order valence-corrected chi connectivity index (χ0v) is 20.5. The van der Waals surface area contributed by atoms with Crippen molar-refractivity contribution in [1.82, 2.24) is 18.7 Å². The average molecular weight is 492 g/mol. The maximum atomic E-state index is 13.7. The first-order valence-electron chi connectivity index (χ1n) is 10.7. The van der Waals surface area contributed by atoms with Gasteiger partial charge in [0.15, 0.2) is 5.65 Å². The first-order valence-corrected chi connectivity index (χ1v) is 12.1. The molecule has 10 nitrogen and oxygen atoms in total. The zero-order valence-electron chi connectivity index (χ0n) is 19.7. The number of pyridine rings is 1. The van der Waals surface area contributed by atoms with E-state index in [4.69, 9.17) is 11.1 Å². The van der Waals surface area contributed by atoms with Crippen LogP contribution in [0.25, 0.3) is 22.3 Å². The highest BCUT2D eigenvalue weighted by Crippen LogP contribution is 2.33. The fourth-order valence-corrected chi connectivity index (χ4v) is 5.18. The van der Waals surface area contributed by atoms with Crippen molar-refractivity contribution in [2.45, 2.75) is 25.7 Å². The van der Waals surface area contributed by atoms with E-state index < -0.39 is 15.9 Å². The monoisotopic (exact) mass is 491 g/mol. The number of nitrogens with zero attached hydrogens (tertiary/aromatic N) is 4. The van der Waals surface area contributed by atoms with Gasteiger partial charge in [-0.25, -0.2) is 17.4 Å². The normalized spacial score (nSPS) is 12.5. The number of hydrogen-bond donors (Lipinski definition) is 3. The van der Waals surface area contributed by atoms with E-state index >= 15 is 0 Å². The first kappa shape index (κ1) is 23.9. The lowest BCUT2D eigenvalue weighted by atomic mass is 10.1. The van der Waals surface area contributed by atoms with Gasteiger partial charge in [0, 0.05) is 29.9 Å². The third-order valence-electron chi connectivity index (χ3n) is 5.62. The van der Waals surface area contributed by atoms with E-state index in [-0.39, 0.29) is 16.3 Å². The van der Waals surface area contributed by atoms with Gasteiger partial charge < -0.3 is 11.1 Å². The summed E-state index contributed by atoms with van der Waals surface area (Å²) in [7, 11) is -2.24. The molecule has 1 aromatic carbocycles. The van der Waals surface area contributed by atoms with Crippen molar-refractivity contribution in [1.29, 1.82) is 5.41 Å². The Kier molecular flexibility index (Phi) is 6.03. The van der Waals surface area contributed by atoms with E-state index in [9.17, 15) is 13.2 Å². The van der Waals surface area contributed by atoms with Crippen molar-refractivity contribution in [3.63, 3.8) is 0 Å². The molecule has 4 rings (SSSR count). The molecule has 0 radical (unpaired) electrons. The molecule has 0 saturated heterocycles. The van der Waals surface area contributed by atoms with Crippen LogP contribution in [-0.2, 0) is 21.9 Å². The summed E-state index contributed by atoms with van der Waals surface area (Å²) in [4.78, 5) is 17.0. The topological polar surface area (TPSA) is 149 Å². The molecule has 0 aliphatic rings. The van der Waals surface area contributed by atoms with Gasteiger partial charge in [-0.1, -0.05) is 18.2 Å². The second kappa shape index (κ2) is 8.84. The Balaban J connectivity index is 1.88. The molecular formula is C24H25N7O3S. The first-order chi connectivity index (χ1) is 16.5. The molecule has 0 fully saturated rings. The van der Waals surface area contributed by atoms with Crippen molar-refractivity contribution in [2.75, 3.05) is 5.32 Å².